The molecule has 14 heteroatoms. The smallest absolute Gasteiger partial charge is 0.390 e. The summed E-state index contributed by atoms with van der Waals surface area (Å²) >= 11 is 0. The third kappa shape index (κ3) is 5.70. The van der Waals surface area contributed by atoms with Crippen molar-refractivity contribution in [1.29, 1.82) is 0 Å². The number of aromatic nitrogens is 2. The lowest BCUT2D eigenvalue weighted by molar-refractivity contribution is -0.139. The molecule has 282 valence electrons. The number of hydrogen-bond acceptors (Lipinski definition) is 8. The number of halogens is 6. The number of terminal acetylenes is 1. The predicted octanol–water partition coefficient (Wildman–Crippen LogP) is 8.03. The van der Waals surface area contributed by atoms with E-state index in [9.17, 15) is 22.7 Å². The maximum absolute atomic E-state index is 17.6. The van der Waals surface area contributed by atoms with Crippen molar-refractivity contribution in [2.45, 2.75) is 75.4 Å². The Morgan fingerprint density at radius 3 is 2.59 bits per heavy atom. The minimum atomic E-state index is -4.28. The first-order valence-electron chi connectivity index (χ1n) is 18.3. The lowest BCUT2D eigenvalue weighted by Crippen LogP contribution is -2.54. The topological polar surface area (TPSA) is 78.1 Å². The summed E-state index contributed by atoms with van der Waals surface area (Å²) in [5.41, 5.74) is -0.702. The number of benzene rings is 3. The highest BCUT2D eigenvalue weighted by molar-refractivity contribution is 6.18. The van der Waals surface area contributed by atoms with E-state index in [0.29, 0.717) is 66.6 Å². The van der Waals surface area contributed by atoms with Gasteiger partial charge in [-0.3, -0.25) is 9.80 Å². The van der Waals surface area contributed by atoms with E-state index in [1.807, 2.05) is 9.80 Å². The molecule has 8 nitrogen and oxygen atoms in total. The summed E-state index contributed by atoms with van der Waals surface area (Å²) in [6.45, 7) is 3.39. The molecular weight excluding hydrogens is 712 g/mol. The molecule has 0 saturated carbocycles. The second-order valence-electron chi connectivity index (χ2n) is 15.3. The molecule has 4 saturated heterocycles. The Bertz CT molecular complexity index is 2360. The molecule has 0 radical (unpaired) electrons. The molecule has 0 aliphatic carbocycles. The molecule has 0 spiro atoms. The Morgan fingerprint density at radius 1 is 1.07 bits per heavy atom. The molecule has 4 fully saturated rings. The number of furan rings is 1. The van der Waals surface area contributed by atoms with Gasteiger partial charge in [0.05, 0.1) is 28.5 Å². The number of rotatable bonds is 7. The van der Waals surface area contributed by atoms with E-state index in [1.165, 1.54) is 24.3 Å². The minimum absolute atomic E-state index is 0.0817. The summed E-state index contributed by atoms with van der Waals surface area (Å²) in [6.07, 6.45) is 2.89. The molecule has 0 amide bonds. The molecule has 2 bridgehead atoms. The zero-order valence-electron chi connectivity index (χ0n) is 29.4. The monoisotopic (exact) mass is 749 g/mol. The van der Waals surface area contributed by atoms with Crippen LogP contribution in [0, 0.1) is 30.9 Å². The average Bonchev–Trinajstić information content (AvgIpc) is 3.84. The number of phenols is 1. The Kier molecular flexibility index (Phi) is 8.21. The molecular formula is C40H37F6N5O3. The zero-order chi connectivity index (χ0) is 37.7. The Hall–Kier alpha value is -4.74. The van der Waals surface area contributed by atoms with Gasteiger partial charge in [0.2, 0.25) is 0 Å². The summed E-state index contributed by atoms with van der Waals surface area (Å²) in [7, 11) is 0. The van der Waals surface area contributed by atoms with Gasteiger partial charge in [0.25, 0.3) is 0 Å². The van der Waals surface area contributed by atoms with Crippen LogP contribution in [0.2, 0.25) is 0 Å². The first-order chi connectivity index (χ1) is 25.8. The van der Waals surface area contributed by atoms with E-state index in [0.717, 1.165) is 19.4 Å². The number of aryl methyl sites for hydroxylation is 1. The van der Waals surface area contributed by atoms with Crippen LogP contribution >= 0.6 is 0 Å². The van der Waals surface area contributed by atoms with Gasteiger partial charge in [-0.25, -0.2) is 13.2 Å². The van der Waals surface area contributed by atoms with Gasteiger partial charge >= 0.3 is 12.2 Å². The molecule has 4 aliphatic rings. The van der Waals surface area contributed by atoms with Crippen molar-refractivity contribution in [3.8, 4) is 35.2 Å². The van der Waals surface area contributed by atoms with Gasteiger partial charge in [0, 0.05) is 61.0 Å². The first-order valence-corrected chi connectivity index (χ1v) is 18.3. The number of alkyl halides is 4. The van der Waals surface area contributed by atoms with E-state index in [2.05, 4.69) is 15.8 Å². The molecule has 5 aromatic rings. The number of fused-ring (bicyclic) bond motifs is 7. The Balaban J connectivity index is 1.24. The standard InChI is InChI=1S/C40H37F6N5O3/c1-3-27-30(42)8-5-22-14-26(52)15-28(31(22)27)32-34(43)35-33(29-13-21(2)54-36(29)32)37(49-18-24-6-7-25(19-49)51(24)12-10-40(44,45)46)48-38(47-35)53-20-39-9-4-11-50(39)17-23(41)16-39/h1,5,8,13-15,23-25,52H,4,6-7,9-12,16-20H2,2H3/t23-,24?,25?,39+/m1/s1. The predicted molar refractivity (Wildman–Crippen MR) is 191 cm³/mol. The van der Waals surface area contributed by atoms with E-state index in [-0.39, 0.29) is 70.2 Å². The number of ether oxygens (including phenoxy) is 1. The highest BCUT2D eigenvalue weighted by atomic mass is 19.4. The summed E-state index contributed by atoms with van der Waals surface area (Å²) in [6, 6.07) is 6.57. The third-order valence-corrected chi connectivity index (χ3v) is 11.9. The number of hydrogen-bond donors (Lipinski definition) is 1. The Labute approximate surface area is 306 Å². The molecule has 6 heterocycles. The first kappa shape index (κ1) is 35.0. The Morgan fingerprint density at radius 2 is 1.85 bits per heavy atom. The van der Waals surface area contributed by atoms with Crippen LogP contribution < -0.4 is 9.64 Å². The number of aromatic hydroxyl groups is 1. The summed E-state index contributed by atoms with van der Waals surface area (Å²) in [5, 5.41) is 12.2. The molecule has 4 aliphatic heterocycles. The van der Waals surface area contributed by atoms with Crippen molar-refractivity contribution < 1.29 is 40.6 Å². The van der Waals surface area contributed by atoms with Crippen LogP contribution in [0.3, 0.4) is 0 Å². The van der Waals surface area contributed by atoms with Crippen LogP contribution in [0.5, 0.6) is 11.8 Å². The lowest BCUT2D eigenvalue weighted by atomic mass is 9.91. The quantitative estimate of drug-likeness (QED) is 0.133. The zero-order valence-corrected chi connectivity index (χ0v) is 29.4. The molecule has 54 heavy (non-hydrogen) atoms. The van der Waals surface area contributed by atoms with Crippen LogP contribution in [0.1, 0.15) is 49.8 Å². The number of nitrogens with zero attached hydrogens (tertiary/aromatic N) is 5. The highest BCUT2D eigenvalue weighted by Crippen LogP contribution is 2.47. The normalized spacial score (nSPS) is 24.6. The maximum Gasteiger partial charge on any atom is 0.390 e. The van der Waals surface area contributed by atoms with Crippen molar-refractivity contribution in [3.63, 3.8) is 0 Å². The second-order valence-corrected chi connectivity index (χ2v) is 15.3. The van der Waals surface area contributed by atoms with Gasteiger partial charge in [-0.05, 0) is 68.8 Å². The van der Waals surface area contributed by atoms with E-state index in [4.69, 9.17) is 20.6 Å². The van der Waals surface area contributed by atoms with E-state index in [1.54, 1.807) is 13.0 Å². The van der Waals surface area contributed by atoms with Crippen LogP contribution in [-0.4, -0.2) is 94.2 Å². The fourth-order valence-electron chi connectivity index (χ4n) is 9.67. The van der Waals surface area contributed by atoms with Gasteiger partial charge in [-0.1, -0.05) is 12.0 Å². The number of anilines is 1. The fraction of sp³-hybridized carbons (Fsp3) is 0.450. The molecule has 1 N–H and O–H groups in total. The largest absolute Gasteiger partial charge is 0.508 e. The molecule has 2 aromatic heterocycles. The number of piperazine rings is 1. The summed E-state index contributed by atoms with van der Waals surface area (Å²) in [5.74, 6) is 1.39. The van der Waals surface area contributed by atoms with E-state index < -0.39 is 35.9 Å². The van der Waals surface area contributed by atoms with E-state index >= 15 is 8.78 Å². The van der Waals surface area contributed by atoms with Crippen molar-refractivity contribution >= 4 is 38.5 Å². The van der Waals surface area contributed by atoms with Gasteiger partial charge in [0.15, 0.2) is 5.82 Å². The molecule has 9 rings (SSSR count). The maximum atomic E-state index is 17.6. The summed E-state index contributed by atoms with van der Waals surface area (Å²) in [4.78, 5) is 15.5. The van der Waals surface area contributed by atoms with Crippen molar-refractivity contribution in [2.75, 3.05) is 44.2 Å². The molecule has 2 unspecified atom stereocenters. The number of phenolic OH excluding ortho intramolecular Hbond substituents is 1. The van der Waals surface area contributed by atoms with Crippen molar-refractivity contribution in [1.82, 2.24) is 19.8 Å². The SMILES string of the molecule is C#Cc1c(F)ccc2cc(O)cc(-c3c(F)c4nc(OC[C@@]56CCCN5C[C@H](F)C6)nc(N5CC6CCC(C5)N6CCC(F)(F)F)c4c4cc(C)oc34)c12. The second kappa shape index (κ2) is 12.7. The van der Waals surface area contributed by atoms with Crippen molar-refractivity contribution in [2.24, 2.45) is 0 Å². The van der Waals surface area contributed by atoms with Gasteiger partial charge in [-0.2, -0.15) is 23.1 Å². The van der Waals surface area contributed by atoms with Gasteiger partial charge < -0.3 is 19.2 Å². The van der Waals surface area contributed by atoms with Crippen LogP contribution in [-0.2, 0) is 0 Å². The lowest BCUT2D eigenvalue weighted by Gasteiger charge is -2.42. The fourth-order valence-corrected chi connectivity index (χ4v) is 9.67. The van der Waals surface area contributed by atoms with Crippen LogP contribution in [0.4, 0.5) is 32.2 Å². The summed E-state index contributed by atoms with van der Waals surface area (Å²) < 4.78 is 99.8. The average molecular weight is 750 g/mol. The molecule has 4 atom stereocenters. The van der Waals surface area contributed by atoms with Gasteiger partial charge in [-0.15, -0.1) is 6.42 Å². The van der Waals surface area contributed by atoms with Crippen LogP contribution in [0.15, 0.2) is 34.7 Å². The molecule has 3 aromatic carbocycles. The minimum Gasteiger partial charge on any atom is -0.508 e. The van der Waals surface area contributed by atoms with Crippen molar-refractivity contribution in [3.05, 3.63) is 53.3 Å². The van der Waals surface area contributed by atoms with Crippen LogP contribution in [0.25, 0.3) is 43.8 Å². The van der Waals surface area contributed by atoms with Gasteiger partial charge in [0.1, 0.15) is 47.0 Å². The third-order valence-electron chi connectivity index (χ3n) is 11.9. The highest BCUT2D eigenvalue weighted by Gasteiger charge is 2.50.